The van der Waals surface area contributed by atoms with Crippen LogP contribution in [-0.2, 0) is 47.5 Å². The Labute approximate surface area is 445 Å². The van der Waals surface area contributed by atoms with Crippen LogP contribution in [0, 0.1) is 0 Å². The van der Waals surface area contributed by atoms with Gasteiger partial charge in [0.2, 0.25) is 0 Å². The molecule has 0 radical (unpaired) electrons. The molecule has 0 aromatic carbocycles. The molecule has 0 amide bonds. The lowest BCUT2D eigenvalue weighted by molar-refractivity contribution is -0.151. The van der Waals surface area contributed by atoms with Gasteiger partial charge in [-0.3, -0.25) is 9.59 Å². The molecule has 0 aliphatic carbocycles. The normalized spacial score (nSPS) is 12.2. The van der Waals surface area contributed by atoms with Gasteiger partial charge in [0.25, 0.3) is 0 Å². The molecule has 1 N–H and O–H groups in total. The fraction of sp³-hybridized carbons (Fsp3) is 0.967. The predicted molar refractivity (Wildman–Crippen MR) is 298 cm³/mol. The number of unbranched alkanes of at least 4 members (excludes halogenated alkanes) is 28. The van der Waals surface area contributed by atoms with Crippen molar-refractivity contribution in [2.45, 2.75) is 303 Å². The first-order valence-corrected chi connectivity index (χ1v) is 31.0. The second-order valence-corrected chi connectivity index (χ2v) is 20.7. The molecule has 11 heteroatoms. The molecule has 0 saturated carbocycles. The maximum absolute atomic E-state index is 12.9. The van der Waals surface area contributed by atoms with E-state index >= 15 is 0 Å². The quantitative estimate of drug-likeness (QED) is 0.0462. The van der Waals surface area contributed by atoms with Crippen LogP contribution < -0.4 is 0 Å². The molecule has 0 rings (SSSR count). The molecule has 11 nitrogen and oxygen atoms in total. The maximum atomic E-state index is 12.9. The van der Waals surface area contributed by atoms with Gasteiger partial charge < -0.3 is 43.0 Å². The van der Waals surface area contributed by atoms with Gasteiger partial charge in [-0.15, -0.1) is 0 Å². The van der Waals surface area contributed by atoms with Crippen molar-refractivity contribution in [2.75, 3.05) is 79.3 Å². The van der Waals surface area contributed by atoms with E-state index in [0.717, 1.165) is 116 Å². The summed E-state index contributed by atoms with van der Waals surface area (Å²) in [4.78, 5) is 25.7. The number of carbonyl (C=O) groups is 2. The zero-order valence-corrected chi connectivity index (χ0v) is 48.0. The number of aliphatic hydroxyl groups excluding tert-OH is 1. The molecule has 1 unspecified atom stereocenters. The number of aliphatic hydroxyl groups is 1. The highest BCUT2D eigenvalue weighted by atomic mass is 16.6. The van der Waals surface area contributed by atoms with Crippen LogP contribution in [0.1, 0.15) is 285 Å². The molecule has 0 fully saturated rings. The van der Waals surface area contributed by atoms with Crippen LogP contribution in [0.5, 0.6) is 0 Å². The van der Waals surface area contributed by atoms with Gasteiger partial charge in [0.05, 0.1) is 66.1 Å². The number of ether oxygens (including phenoxy) is 8. The highest BCUT2D eigenvalue weighted by Gasteiger charge is 2.16. The third-order valence-corrected chi connectivity index (χ3v) is 13.6. The summed E-state index contributed by atoms with van der Waals surface area (Å²) in [7, 11) is 0. The smallest absolute Gasteiger partial charge is 0.306 e. The van der Waals surface area contributed by atoms with Crippen molar-refractivity contribution in [3.8, 4) is 0 Å². The molecular weight excluding hydrogens is 909 g/mol. The zero-order valence-electron chi connectivity index (χ0n) is 48.0. The molecule has 0 heterocycles. The van der Waals surface area contributed by atoms with Gasteiger partial charge in [-0.25, -0.2) is 0 Å². The van der Waals surface area contributed by atoms with E-state index in [4.69, 9.17) is 43.0 Å². The minimum absolute atomic E-state index is 0.0102. The number of rotatable bonds is 62. The van der Waals surface area contributed by atoms with E-state index < -0.39 is 0 Å². The van der Waals surface area contributed by atoms with Crippen molar-refractivity contribution in [2.24, 2.45) is 0 Å². The Morgan fingerprint density at radius 3 is 0.972 bits per heavy atom. The Morgan fingerprint density at radius 1 is 0.306 bits per heavy atom. The Morgan fingerprint density at radius 2 is 0.597 bits per heavy atom. The van der Waals surface area contributed by atoms with Gasteiger partial charge in [0, 0.05) is 26.1 Å². The summed E-state index contributed by atoms with van der Waals surface area (Å²) in [5, 5.41) is 8.79. The number of esters is 2. The number of hydrogen-bond donors (Lipinski definition) is 1. The van der Waals surface area contributed by atoms with E-state index in [-0.39, 0.29) is 36.9 Å². The summed E-state index contributed by atoms with van der Waals surface area (Å²) in [6.07, 6.45) is 45.6. The molecular formula is C61H120O11. The minimum atomic E-state index is -0.153. The van der Waals surface area contributed by atoms with Crippen LogP contribution in [-0.4, -0.2) is 115 Å². The summed E-state index contributed by atoms with van der Waals surface area (Å²) in [6.45, 7) is 14.5. The van der Waals surface area contributed by atoms with Crippen molar-refractivity contribution >= 4 is 11.9 Å². The zero-order chi connectivity index (χ0) is 52.3. The van der Waals surface area contributed by atoms with Crippen LogP contribution in [0.4, 0.5) is 0 Å². The highest BCUT2D eigenvalue weighted by Crippen LogP contribution is 2.20. The fourth-order valence-electron chi connectivity index (χ4n) is 9.08. The second-order valence-electron chi connectivity index (χ2n) is 20.7. The van der Waals surface area contributed by atoms with E-state index in [1.807, 2.05) is 0 Å². The third-order valence-electron chi connectivity index (χ3n) is 13.6. The summed E-state index contributed by atoms with van der Waals surface area (Å²) < 4.78 is 46.8. The van der Waals surface area contributed by atoms with Crippen molar-refractivity contribution in [1.82, 2.24) is 0 Å². The van der Waals surface area contributed by atoms with E-state index in [2.05, 4.69) is 27.7 Å². The van der Waals surface area contributed by atoms with Crippen LogP contribution in [0.2, 0.25) is 0 Å². The maximum Gasteiger partial charge on any atom is 0.306 e. The molecule has 0 aromatic heterocycles. The highest BCUT2D eigenvalue weighted by molar-refractivity contribution is 5.69. The van der Waals surface area contributed by atoms with Gasteiger partial charge in [-0.2, -0.15) is 0 Å². The lowest BCUT2D eigenvalue weighted by Crippen LogP contribution is -2.27. The number of carbonyl (C=O) groups excluding carboxylic acids is 2. The Bertz CT molecular complexity index is 1030. The topological polar surface area (TPSA) is 128 Å². The molecule has 0 aromatic rings. The van der Waals surface area contributed by atoms with Gasteiger partial charge in [0.15, 0.2) is 0 Å². The summed E-state index contributed by atoms with van der Waals surface area (Å²) in [5.41, 5.74) is 0. The Balaban J connectivity index is 4.60. The van der Waals surface area contributed by atoms with Crippen molar-refractivity contribution in [3.05, 3.63) is 0 Å². The lowest BCUT2D eigenvalue weighted by atomic mass is 10.0. The molecule has 0 saturated heterocycles. The fourth-order valence-corrected chi connectivity index (χ4v) is 9.08. The molecule has 0 bridgehead atoms. The first-order valence-electron chi connectivity index (χ1n) is 31.0. The average Bonchev–Trinajstić information content (AvgIpc) is 3.38. The van der Waals surface area contributed by atoms with Crippen molar-refractivity contribution in [3.63, 3.8) is 0 Å². The first kappa shape index (κ1) is 70.7. The molecule has 72 heavy (non-hydrogen) atoms. The summed E-state index contributed by atoms with van der Waals surface area (Å²) in [6, 6.07) is 0. The van der Waals surface area contributed by atoms with Gasteiger partial charge in [-0.05, 0) is 77.0 Å². The summed E-state index contributed by atoms with van der Waals surface area (Å²) in [5.74, 6) is -0.0238. The van der Waals surface area contributed by atoms with Crippen molar-refractivity contribution in [1.29, 1.82) is 0 Å². The van der Waals surface area contributed by atoms with Crippen LogP contribution in [0.3, 0.4) is 0 Å². The van der Waals surface area contributed by atoms with E-state index in [1.165, 1.54) is 128 Å². The van der Waals surface area contributed by atoms with Crippen LogP contribution in [0.15, 0.2) is 0 Å². The second kappa shape index (κ2) is 60.5. The molecule has 0 aliphatic heterocycles. The minimum Gasteiger partial charge on any atom is -0.462 e. The Kier molecular flexibility index (Phi) is 59.4. The van der Waals surface area contributed by atoms with Gasteiger partial charge in [-0.1, -0.05) is 195 Å². The average molecular weight is 1030 g/mol. The molecule has 0 spiro atoms. The monoisotopic (exact) mass is 1030 g/mol. The number of hydrogen-bond acceptors (Lipinski definition) is 11. The standard InChI is InChI=1S/C61H120O11/c1-5-9-13-17-23-31-39-57(40-32-24-18-14-10-6-2)71-60(63)43-35-27-21-29-37-46-68-55-59(56-69-54-53-67-52-51-66-50-49-65-48-45-62)70-47-38-30-22-28-36-44-61(64)72-58(41-33-25-19-15-11-7-3)42-34-26-20-16-12-8-4/h57-59,62H,5-56H2,1-4H3. The predicted octanol–water partition coefficient (Wildman–Crippen LogP) is 16.0. The molecule has 0 aliphatic rings. The molecule has 1 atom stereocenters. The van der Waals surface area contributed by atoms with Gasteiger partial charge >= 0.3 is 11.9 Å². The van der Waals surface area contributed by atoms with E-state index in [9.17, 15) is 9.59 Å². The summed E-state index contributed by atoms with van der Waals surface area (Å²) >= 11 is 0. The van der Waals surface area contributed by atoms with Crippen LogP contribution in [0.25, 0.3) is 0 Å². The van der Waals surface area contributed by atoms with E-state index in [1.54, 1.807) is 0 Å². The third kappa shape index (κ3) is 54.9. The van der Waals surface area contributed by atoms with Crippen molar-refractivity contribution < 1.29 is 52.6 Å². The first-order chi connectivity index (χ1) is 35.5. The lowest BCUT2D eigenvalue weighted by Gasteiger charge is -2.19. The van der Waals surface area contributed by atoms with Crippen LogP contribution >= 0.6 is 0 Å². The SMILES string of the molecule is CCCCCCCCC(CCCCCCCC)OC(=O)CCCCCCCOCC(COCCOCCOCCOCCO)OCCCCCCCC(=O)OC(CCCCCCCC)CCCCCCCC. The Hall–Kier alpha value is -1.34. The van der Waals surface area contributed by atoms with E-state index in [0.29, 0.717) is 85.5 Å². The largest absolute Gasteiger partial charge is 0.462 e. The molecule has 430 valence electrons. The van der Waals surface area contributed by atoms with Gasteiger partial charge in [0.1, 0.15) is 18.3 Å².